The van der Waals surface area contributed by atoms with Crippen LogP contribution < -0.4 is 15.0 Å². The van der Waals surface area contributed by atoms with Gasteiger partial charge in [-0.2, -0.15) is 0 Å². The maximum absolute atomic E-state index is 12.3. The monoisotopic (exact) mass is 302 g/mol. The fourth-order valence-electron chi connectivity index (χ4n) is 3.19. The van der Waals surface area contributed by atoms with Crippen LogP contribution in [0.5, 0.6) is 5.75 Å². The topological polar surface area (TPSA) is 58.6 Å². The van der Waals surface area contributed by atoms with E-state index in [1.54, 1.807) is 11.0 Å². The molecule has 0 spiro atoms. The first-order valence-corrected chi connectivity index (χ1v) is 7.97. The third kappa shape index (κ3) is 3.40. The van der Waals surface area contributed by atoms with E-state index in [1.807, 2.05) is 19.1 Å². The minimum Gasteiger partial charge on any atom is -0.423 e. The van der Waals surface area contributed by atoms with Gasteiger partial charge in [0.25, 0.3) is 0 Å². The van der Waals surface area contributed by atoms with Gasteiger partial charge >= 0.3 is 5.97 Å². The normalized spacial score (nSPS) is 18.6. The second-order valence-electron chi connectivity index (χ2n) is 6.20. The summed E-state index contributed by atoms with van der Waals surface area (Å²) in [5.41, 5.74) is 1.90. The van der Waals surface area contributed by atoms with Gasteiger partial charge in [0.1, 0.15) is 6.54 Å². The Hall–Kier alpha value is -2.04. The highest BCUT2D eigenvalue weighted by Crippen LogP contribution is 2.32. The number of nitrogens with zero attached hydrogens (tertiary/aromatic N) is 1. The van der Waals surface area contributed by atoms with Crippen LogP contribution in [-0.4, -0.2) is 31.0 Å². The van der Waals surface area contributed by atoms with Crippen molar-refractivity contribution in [2.24, 2.45) is 0 Å². The van der Waals surface area contributed by atoms with Crippen molar-refractivity contribution in [1.29, 1.82) is 0 Å². The number of carbonyl (C=O) groups is 2. The zero-order chi connectivity index (χ0) is 15.5. The number of carbonyl (C=O) groups excluding carboxylic acids is 2. The highest BCUT2D eigenvalue weighted by atomic mass is 16.5. The number of ether oxygens (including phenoxy) is 1. The predicted octanol–water partition coefficient (Wildman–Crippen LogP) is 2.17. The van der Waals surface area contributed by atoms with Gasteiger partial charge in [0, 0.05) is 6.04 Å². The second-order valence-corrected chi connectivity index (χ2v) is 6.20. The van der Waals surface area contributed by atoms with E-state index in [0.717, 1.165) is 24.1 Å². The van der Waals surface area contributed by atoms with Gasteiger partial charge in [-0.05, 0) is 37.5 Å². The van der Waals surface area contributed by atoms with Crippen molar-refractivity contribution in [3.05, 3.63) is 23.8 Å². The highest BCUT2D eigenvalue weighted by Gasteiger charge is 2.26. The molecule has 1 heterocycles. The largest absolute Gasteiger partial charge is 0.423 e. The van der Waals surface area contributed by atoms with Gasteiger partial charge in [0.05, 0.1) is 12.2 Å². The summed E-state index contributed by atoms with van der Waals surface area (Å²) < 4.78 is 5.24. The molecule has 118 valence electrons. The Morgan fingerprint density at radius 1 is 1.32 bits per heavy atom. The fourth-order valence-corrected chi connectivity index (χ4v) is 3.19. The molecule has 1 aromatic rings. The molecule has 0 saturated heterocycles. The summed E-state index contributed by atoms with van der Waals surface area (Å²) in [6.45, 7) is 2.30. The number of amides is 1. The van der Waals surface area contributed by atoms with Crippen molar-refractivity contribution in [2.45, 2.75) is 45.1 Å². The summed E-state index contributed by atoms with van der Waals surface area (Å²) in [4.78, 5) is 25.8. The van der Waals surface area contributed by atoms with Crippen LogP contribution in [0.25, 0.3) is 0 Å². The molecule has 2 aliphatic rings. The van der Waals surface area contributed by atoms with Gasteiger partial charge < -0.3 is 15.0 Å². The number of esters is 1. The van der Waals surface area contributed by atoms with Gasteiger partial charge in [-0.25, -0.2) is 4.79 Å². The van der Waals surface area contributed by atoms with Crippen LogP contribution >= 0.6 is 0 Å². The molecule has 0 atom stereocenters. The molecule has 0 radical (unpaired) electrons. The lowest BCUT2D eigenvalue weighted by atomic mass is 9.95. The lowest BCUT2D eigenvalue weighted by Crippen LogP contribution is -2.46. The summed E-state index contributed by atoms with van der Waals surface area (Å²) in [7, 11) is 0. The number of fused-ring (bicyclic) bond motifs is 1. The maximum Gasteiger partial charge on any atom is 0.331 e. The second kappa shape index (κ2) is 6.38. The van der Waals surface area contributed by atoms with E-state index in [9.17, 15) is 9.59 Å². The summed E-state index contributed by atoms with van der Waals surface area (Å²) >= 11 is 0. The molecular formula is C17H22N2O3. The number of rotatable bonds is 3. The molecule has 22 heavy (non-hydrogen) atoms. The Bertz CT molecular complexity index is 579. The Kier molecular flexibility index (Phi) is 4.32. The lowest BCUT2D eigenvalue weighted by molar-refractivity contribution is -0.133. The number of hydrogen-bond acceptors (Lipinski definition) is 4. The van der Waals surface area contributed by atoms with Crippen molar-refractivity contribution >= 4 is 17.6 Å². The number of benzene rings is 1. The summed E-state index contributed by atoms with van der Waals surface area (Å²) in [5.74, 6) is 0.197. The average Bonchev–Trinajstić information content (AvgIpc) is 2.49. The third-order valence-corrected chi connectivity index (χ3v) is 4.30. The highest BCUT2D eigenvalue weighted by molar-refractivity contribution is 5.89. The standard InChI is InChI=1S/C17H22N2O3/c1-12-7-8-15-14(9-12)19(11-17(21)22-15)10-16(20)18-13-5-3-2-4-6-13/h7-9,13H,2-6,10-11H2,1H3,(H,18,20). The van der Waals surface area contributed by atoms with Crippen molar-refractivity contribution in [3.8, 4) is 5.75 Å². The van der Waals surface area contributed by atoms with E-state index in [-0.39, 0.29) is 31.0 Å². The zero-order valence-corrected chi connectivity index (χ0v) is 12.9. The van der Waals surface area contributed by atoms with E-state index in [4.69, 9.17) is 4.74 Å². The molecule has 1 saturated carbocycles. The Labute approximate surface area is 130 Å². The van der Waals surface area contributed by atoms with Crippen molar-refractivity contribution in [2.75, 3.05) is 18.0 Å². The van der Waals surface area contributed by atoms with Crippen molar-refractivity contribution in [1.82, 2.24) is 5.32 Å². The Balaban J connectivity index is 1.68. The molecule has 1 fully saturated rings. The lowest BCUT2D eigenvalue weighted by Gasteiger charge is -2.30. The Morgan fingerprint density at radius 3 is 2.86 bits per heavy atom. The van der Waals surface area contributed by atoms with Crippen molar-refractivity contribution in [3.63, 3.8) is 0 Å². The molecule has 0 bridgehead atoms. The van der Waals surface area contributed by atoms with Crippen LogP contribution in [0.1, 0.15) is 37.7 Å². The summed E-state index contributed by atoms with van der Waals surface area (Å²) in [6, 6.07) is 5.93. The zero-order valence-electron chi connectivity index (χ0n) is 12.9. The molecule has 1 aliphatic heterocycles. The molecule has 5 nitrogen and oxygen atoms in total. The first kappa shape index (κ1) is 14.9. The van der Waals surface area contributed by atoms with Crippen LogP contribution in [0.2, 0.25) is 0 Å². The van der Waals surface area contributed by atoms with E-state index >= 15 is 0 Å². The first-order valence-electron chi connectivity index (χ1n) is 7.97. The smallest absolute Gasteiger partial charge is 0.331 e. The van der Waals surface area contributed by atoms with E-state index in [0.29, 0.717) is 5.75 Å². The van der Waals surface area contributed by atoms with E-state index in [1.165, 1.54) is 19.3 Å². The molecule has 0 unspecified atom stereocenters. The average molecular weight is 302 g/mol. The molecular weight excluding hydrogens is 280 g/mol. The van der Waals surface area contributed by atoms with Gasteiger partial charge in [-0.3, -0.25) is 4.79 Å². The molecule has 1 N–H and O–H groups in total. The summed E-state index contributed by atoms with van der Waals surface area (Å²) in [6.07, 6.45) is 5.75. The molecule has 1 amide bonds. The SMILES string of the molecule is Cc1ccc2c(c1)N(CC(=O)NC1CCCCC1)CC(=O)O2. The molecule has 1 aromatic carbocycles. The summed E-state index contributed by atoms with van der Waals surface area (Å²) in [5, 5.41) is 3.09. The van der Waals surface area contributed by atoms with Crippen LogP contribution in [0.4, 0.5) is 5.69 Å². The number of hydrogen-bond donors (Lipinski definition) is 1. The van der Waals surface area contributed by atoms with Crippen LogP contribution in [0, 0.1) is 6.92 Å². The molecule has 5 heteroatoms. The van der Waals surface area contributed by atoms with E-state index < -0.39 is 0 Å². The number of aryl methyl sites for hydroxylation is 1. The maximum atomic E-state index is 12.3. The number of anilines is 1. The van der Waals surface area contributed by atoms with Crippen LogP contribution in [0.3, 0.4) is 0 Å². The predicted molar refractivity (Wildman–Crippen MR) is 84.0 cm³/mol. The van der Waals surface area contributed by atoms with Gasteiger partial charge in [0.15, 0.2) is 5.75 Å². The number of nitrogens with one attached hydrogen (secondary N) is 1. The fraction of sp³-hybridized carbons (Fsp3) is 0.529. The molecule has 1 aliphatic carbocycles. The van der Waals surface area contributed by atoms with Crippen LogP contribution in [0.15, 0.2) is 18.2 Å². The van der Waals surface area contributed by atoms with Gasteiger partial charge in [0.2, 0.25) is 5.91 Å². The third-order valence-electron chi connectivity index (χ3n) is 4.30. The van der Waals surface area contributed by atoms with Gasteiger partial charge in [-0.1, -0.05) is 25.3 Å². The van der Waals surface area contributed by atoms with Crippen molar-refractivity contribution < 1.29 is 14.3 Å². The minimum atomic E-state index is -0.318. The quantitative estimate of drug-likeness (QED) is 0.687. The van der Waals surface area contributed by atoms with Gasteiger partial charge in [-0.15, -0.1) is 0 Å². The Morgan fingerprint density at radius 2 is 2.09 bits per heavy atom. The molecule has 0 aromatic heterocycles. The first-order chi connectivity index (χ1) is 10.6. The minimum absolute atomic E-state index is 0.0194. The van der Waals surface area contributed by atoms with E-state index in [2.05, 4.69) is 5.32 Å². The van der Waals surface area contributed by atoms with Crippen LogP contribution in [-0.2, 0) is 9.59 Å². The molecule has 3 rings (SSSR count).